The maximum Gasteiger partial charge on any atom is 0.201 e. The minimum atomic E-state index is 0. The van der Waals surface area contributed by atoms with Crippen molar-refractivity contribution < 1.29 is 0 Å². The third-order valence-corrected chi connectivity index (χ3v) is 2.45. The van der Waals surface area contributed by atoms with Crippen LogP contribution in [0.1, 0.15) is 0 Å². The van der Waals surface area contributed by atoms with Crippen molar-refractivity contribution in [2.75, 3.05) is 26.4 Å². The highest BCUT2D eigenvalue weighted by Crippen LogP contribution is 2.16. The van der Waals surface area contributed by atoms with Crippen LogP contribution in [-0.2, 0) is 6.54 Å². The summed E-state index contributed by atoms with van der Waals surface area (Å²) in [6, 6.07) is 8.02. The molecule has 0 radical (unpaired) electrons. The summed E-state index contributed by atoms with van der Waals surface area (Å²) in [6.45, 7) is 1.84. The lowest BCUT2D eigenvalue weighted by Gasteiger charge is -2.11. The highest BCUT2D eigenvalue weighted by atomic mass is 35.5. The van der Waals surface area contributed by atoms with Crippen molar-refractivity contribution in [3.8, 4) is 0 Å². The number of hydrogen-bond acceptors (Lipinski definition) is 3. The van der Waals surface area contributed by atoms with E-state index in [0.717, 1.165) is 24.1 Å². The number of para-hydroxylation sites is 2. The molecule has 0 saturated carbocycles. The van der Waals surface area contributed by atoms with Gasteiger partial charge in [0.15, 0.2) is 0 Å². The topological polar surface area (TPSA) is 47.1 Å². The Labute approximate surface area is 114 Å². The first-order chi connectivity index (χ1) is 7.18. The number of imidazole rings is 1. The van der Waals surface area contributed by atoms with E-state index in [0.29, 0.717) is 5.95 Å². The number of hydrogen-bond donors (Lipinski definition) is 1. The molecule has 0 fully saturated rings. The maximum atomic E-state index is 5.87. The lowest BCUT2D eigenvalue weighted by Crippen LogP contribution is -2.19. The Balaban J connectivity index is 0.00000128. The van der Waals surface area contributed by atoms with Gasteiger partial charge in [0.1, 0.15) is 0 Å². The Hall–Kier alpha value is -0.970. The lowest BCUT2D eigenvalue weighted by molar-refractivity contribution is 0.387. The van der Waals surface area contributed by atoms with E-state index in [4.69, 9.17) is 5.73 Å². The number of nitrogens with two attached hydrogens (primary N) is 1. The number of nitrogen functional groups attached to an aromatic ring is 1. The lowest BCUT2D eigenvalue weighted by atomic mass is 10.3. The zero-order valence-electron chi connectivity index (χ0n) is 9.96. The van der Waals surface area contributed by atoms with Crippen LogP contribution >= 0.6 is 24.8 Å². The van der Waals surface area contributed by atoms with Crippen molar-refractivity contribution in [1.29, 1.82) is 0 Å². The molecule has 17 heavy (non-hydrogen) atoms. The van der Waals surface area contributed by atoms with Crippen LogP contribution in [0.3, 0.4) is 0 Å². The summed E-state index contributed by atoms with van der Waals surface area (Å²) >= 11 is 0. The molecular weight excluding hydrogens is 259 g/mol. The van der Waals surface area contributed by atoms with E-state index < -0.39 is 0 Å². The van der Waals surface area contributed by atoms with Gasteiger partial charge in [-0.3, -0.25) is 0 Å². The largest absolute Gasteiger partial charge is 0.369 e. The van der Waals surface area contributed by atoms with Gasteiger partial charge in [0.25, 0.3) is 0 Å². The Morgan fingerprint density at radius 1 is 1.24 bits per heavy atom. The van der Waals surface area contributed by atoms with E-state index in [-0.39, 0.29) is 24.8 Å². The molecule has 0 atom stereocenters. The average Bonchev–Trinajstić information content (AvgIpc) is 2.50. The fourth-order valence-corrected chi connectivity index (χ4v) is 1.63. The van der Waals surface area contributed by atoms with Gasteiger partial charge in [-0.05, 0) is 26.2 Å². The average molecular weight is 277 g/mol. The molecule has 0 unspecified atom stereocenters. The summed E-state index contributed by atoms with van der Waals surface area (Å²) in [4.78, 5) is 6.45. The Bertz CT molecular complexity index is 467. The van der Waals surface area contributed by atoms with Crippen LogP contribution in [0.4, 0.5) is 5.95 Å². The molecule has 0 spiro atoms. The molecule has 0 aliphatic carbocycles. The second-order valence-electron chi connectivity index (χ2n) is 3.91. The molecule has 0 amide bonds. The van der Waals surface area contributed by atoms with Crippen molar-refractivity contribution in [3.63, 3.8) is 0 Å². The number of fused-ring (bicyclic) bond motifs is 1. The first-order valence-corrected chi connectivity index (χ1v) is 5.04. The van der Waals surface area contributed by atoms with Crippen LogP contribution < -0.4 is 5.73 Å². The van der Waals surface area contributed by atoms with Gasteiger partial charge in [0.2, 0.25) is 5.95 Å². The molecule has 0 aliphatic heterocycles. The van der Waals surface area contributed by atoms with Crippen LogP contribution in [0.5, 0.6) is 0 Å². The zero-order chi connectivity index (χ0) is 10.8. The minimum absolute atomic E-state index is 0. The van der Waals surface area contributed by atoms with Crippen molar-refractivity contribution in [3.05, 3.63) is 24.3 Å². The van der Waals surface area contributed by atoms with E-state index in [1.165, 1.54) is 0 Å². The number of benzene rings is 1. The normalized spacial score (nSPS) is 10.1. The van der Waals surface area contributed by atoms with E-state index in [9.17, 15) is 0 Å². The monoisotopic (exact) mass is 276 g/mol. The van der Waals surface area contributed by atoms with Gasteiger partial charge in [-0.2, -0.15) is 0 Å². The summed E-state index contributed by atoms with van der Waals surface area (Å²) in [6.07, 6.45) is 0. The molecule has 2 N–H and O–H groups in total. The summed E-state index contributed by atoms with van der Waals surface area (Å²) in [7, 11) is 4.10. The summed E-state index contributed by atoms with van der Waals surface area (Å²) < 4.78 is 2.05. The van der Waals surface area contributed by atoms with Crippen molar-refractivity contribution >= 4 is 41.8 Å². The molecule has 2 aromatic rings. The predicted octanol–water partition coefficient (Wildman–Crippen LogP) is 2.02. The summed E-state index contributed by atoms with van der Waals surface area (Å²) in [5.74, 6) is 0.595. The van der Waals surface area contributed by atoms with E-state index in [1.807, 2.05) is 24.3 Å². The van der Waals surface area contributed by atoms with Gasteiger partial charge in [-0.25, -0.2) is 4.98 Å². The zero-order valence-corrected chi connectivity index (χ0v) is 11.6. The number of rotatable bonds is 3. The highest BCUT2D eigenvalue weighted by Gasteiger charge is 2.06. The molecule has 1 heterocycles. The number of halogens is 2. The highest BCUT2D eigenvalue weighted by molar-refractivity contribution is 5.85. The van der Waals surface area contributed by atoms with Crippen LogP contribution in [-0.4, -0.2) is 35.1 Å². The Morgan fingerprint density at radius 3 is 2.53 bits per heavy atom. The van der Waals surface area contributed by atoms with E-state index >= 15 is 0 Å². The van der Waals surface area contributed by atoms with Gasteiger partial charge in [0, 0.05) is 13.1 Å². The number of aromatic nitrogens is 2. The van der Waals surface area contributed by atoms with Crippen molar-refractivity contribution in [2.45, 2.75) is 6.54 Å². The first kappa shape index (κ1) is 16.0. The second kappa shape index (κ2) is 6.69. The molecule has 0 aliphatic rings. The number of anilines is 1. The van der Waals surface area contributed by atoms with E-state index in [1.54, 1.807) is 0 Å². The molecular formula is C11H18Cl2N4. The molecule has 4 nitrogen and oxygen atoms in total. The standard InChI is InChI=1S/C11H16N4.2ClH/c1-14(2)7-8-15-10-6-4-3-5-9(10)13-11(15)12;;/h3-6H,7-8H2,1-2H3,(H2,12,13);2*1H. The van der Waals surface area contributed by atoms with Gasteiger partial charge in [-0.15, -0.1) is 24.8 Å². The predicted molar refractivity (Wildman–Crippen MR) is 77.2 cm³/mol. The summed E-state index contributed by atoms with van der Waals surface area (Å²) in [5, 5.41) is 0. The molecule has 0 saturated heterocycles. The van der Waals surface area contributed by atoms with Gasteiger partial charge in [0.05, 0.1) is 11.0 Å². The summed E-state index contributed by atoms with van der Waals surface area (Å²) in [5.41, 5.74) is 7.95. The van der Waals surface area contributed by atoms with Crippen LogP contribution in [0.15, 0.2) is 24.3 Å². The van der Waals surface area contributed by atoms with Crippen molar-refractivity contribution in [1.82, 2.24) is 14.5 Å². The first-order valence-electron chi connectivity index (χ1n) is 5.04. The SMILES string of the molecule is CN(C)CCn1c(N)nc2ccccc21.Cl.Cl. The van der Waals surface area contributed by atoms with Gasteiger partial charge in [-0.1, -0.05) is 12.1 Å². The minimum Gasteiger partial charge on any atom is -0.369 e. The molecule has 2 rings (SSSR count). The van der Waals surface area contributed by atoms with Gasteiger partial charge >= 0.3 is 0 Å². The third kappa shape index (κ3) is 3.49. The third-order valence-electron chi connectivity index (χ3n) is 2.45. The second-order valence-corrected chi connectivity index (χ2v) is 3.91. The Kier molecular flexibility index (Phi) is 6.31. The maximum absolute atomic E-state index is 5.87. The van der Waals surface area contributed by atoms with Crippen LogP contribution in [0, 0.1) is 0 Å². The molecule has 1 aromatic carbocycles. The quantitative estimate of drug-likeness (QED) is 0.933. The molecule has 6 heteroatoms. The fourth-order valence-electron chi connectivity index (χ4n) is 1.63. The van der Waals surface area contributed by atoms with E-state index in [2.05, 4.69) is 28.5 Å². The molecule has 0 bridgehead atoms. The molecule has 96 valence electrons. The van der Waals surface area contributed by atoms with Crippen LogP contribution in [0.25, 0.3) is 11.0 Å². The van der Waals surface area contributed by atoms with Crippen molar-refractivity contribution in [2.24, 2.45) is 0 Å². The number of likely N-dealkylation sites (N-methyl/N-ethyl adjacent to an activating group) is 1. The Morgan fingerprint density at radius 2 is 1.88 bits per heavy atom. The fraction of sp³-hybridized carbons (Fsp3) is 0.364. The van der Waals surface area contributed by atoms with Gasteiger partial charge < -0.3 is 15.2 Å². The number of nitrogens with zero attached hydrogens (tertiary/aromatic N) is 3. The van der Waals surface area contributed by atoms with Crippen LogP contribution in [0.2, 0.25) is 0 Å². The molecule has 1 aromatic heterocycles. The smallest absolute Gasteiger partial charge is 0.201 e.